The van der Waals surface area contributed by atoms with Crippen molar-refractivity contribution in [2.75, 3.05) is 45.3 Å². The van der Waals surface area contributed by atoms with Crippen molar-refractivity contribution in [3.63, 3.8) is 0 Å². The number of amides is 1. The summed E-state index contributed by atoms with van der Waals surface area (Å²) in [6.07, 6.45) is 1.39. The van der Waals surface area contributed by atoms with Crippen molar-refractivity contribution in [1.82, 2.24) is 10.3 Å². The highest BCUT2D eigenvalue weighted by Crippen LogP contribution is 2.14. The van der Waals surface area contributed by atoms with E-state index in [0.717, 1.165) is 0 Å². The Kier molecular flexibility index (Phi) is 7.52. The van der Waals surface area contributed by atoms with Gasteiger partial charge in [0, 0.05) is 26.4 Å². The molecule has 1 aromatic rings. The Bertz CT molecular complexity index is 429. The lowest BCUT2D eigenvalue weighted by atomic mass is 10.2. The number of methoxy groups -OCH3 is 1. The van der Waals surface area contributed by atoms with Gasteiger partial charge in [-0.25, -0.2) is 9.37 Å². The van der Waals surface area contributed by atoms with Crippen LogP contribution in [0.25, 0.3) is 0 Å². The fraction of sp³-hybridized carbons (Fsp3) is 0.538. The van der Waals surface area contributed by atoms with Gasteiger partial charge in [-0.1, -0.05) is 0 Å². The lowest BCUT2D eigenvalue weighted by Gasteiger charge is -2.09. The number of rotatable bonds is 9. The van der Waals surface area contributed by atoms with Gasteiger partial charge in [0.05, 0.1) is 25.4 Å². The monoisotopic (exact) mass is 285 g/mol. The average Bonchev–Trinajstić information content (AvgIpc) is 2.45. The highest BCUT2D eigenvalue weighted by atomic mass is 19.1. The number of carbonyl (C=O) groups excluding carboxylic acids is 1. The molecule has 112 valence electrons. The molecule has 1 rings (SSSR count). The Morgan fingerprint density at radius 2 is 2.20 bits per heavy atom. The summed E-state index contributed by atoms with van der Waals surface area (Å²) >= 11 is 0. The second-order valence-electron chi connectivity index (χ2n) is 3.91. The van der Waals surface area contributed by atoms with Crippen LogP contribution in [0.4, 0.5) is 10.2 Å². The molecule has 0 saturated heterocycles. The van der Waals surface area contributed by atoms with Gasteiger partial charge in [0.15, 0.2) is 11.6 Å². The third-order valence-corrected chi connectivity index (χ3v) is 2.44. The zero-order chi connectivity index (χ0) is 14.8. The molecule has 7 heteroatoms. The van der Waals surface area contributed by atoms with Gasteiger partial charge in [-0.2, -0.15) is 0 Å². The van der Waals surface area contributed by atoms with Crippen molar-refractivity contribution in [2.24, 2.45) is 0 Å². The minimum atomic E-state index is -0.646. The summed E-state index contributed by atoms with van der Waals surface area (Å²) < 4.78 is 24.0. The van der Waals surface area contributed by atoms with Crippen LogP contribution in [0, 0.1) is 5.82 Å². The van der Waals surface area contributed by atoms with Crippen molar-refractivity contribution >= 4 is 11.7 Å². The lowest BCUT2D eigenvalue weighted by molar-refractivity contribution is 0.0692. The maximum Gasteiger partial charge on any atom is 0.254 e. The summed E-state index contributed by atoms with van der Waals surface area (Å²) in [6, 6.07) is 1.34. The summed E-state index contributed by atoms with van der Waals surface area (Å²) in [5.74, 6) is -1.05. The second kappa shape index (κ2) is 9.22. The van der Waals surface area contributed by atoms with Gasteiger partial charge in [-0.05, 0) is 13.0 Å². The maximum absolute atomic E-state index is 14.0. The van der Waals surface area contributed by atoms with E-state index in [1.165, 1.54) is 12.3 Å². The van der Waals surface area contributed by atoms with Gasteiger partial charge in [-0.3, -0.25) is 4.79 Å². The van der Waals surface area contributed by atoms with Crippen LogP contribution >= 0.6 is 0 Å². The number of nitrogens with one attached hydrogen (secondary N) is 2. The Morgan fingerprint density at radius 3 is 2.90 bits per heavy atom. The molecule has 0 aliphatic carbocycles. The first-order chi connectivity index (χ1) is 9.70. The first-order valence-corrected chi connectivity index (χ1v) is 6.44. The Morgan fingerprint density at radius 1 is 1.40 bits per heavy atom. The number of pyridine rings is 1. The van der Waals surface area contributed by atoms with E-state index in [2.05, 4.69) is 15.6 Å². The molecule has 0 fully saturated rings. The van der Waals surface area contributed by atoms with Gasteiger partial charge in [0.25, 0.3) is 5.91 Å². The number of ether oxygens (including phenoxy) is 2. The molecule has 1 heterocycles. The predicted octanol–water partition coefficient (Wildman–Crippen LogP) is 1.05. The van der Waals surface area contributed by atoms with E-state index in [-0.39, 0.29) is 11.4 Å². The summed E-state index contributed by atoms with van der Waals surface area (Å²) in [4.78, 5) is 15.7. The van der Waals surface area contributed by atoms with E-state index in [9.17, 15) is 9.18 Å². The first-order valence-electron chi connectivity index (χ1n) is 6.44. The molecule has 1 amide bonds. The smallest absolute Gasteiger partial charge is 0.254 e. The van der Waals surface area contributed by atoms with Crippen LogP contribution in [0.5, 0.6) is 0 Å². The molecule has 0 radical (unpaired) electrons. The van der Waals surface area contributed by atoms with Gasteiger partial charge in [0.2, 0.25) is 0 Å². The lowest BCUT2D eigenvalue weighted by Crippen LogP contribution is -2.28. The zero-order valence-corrected chi connectivity index (χ0v) is 11.7. The molecule has 20 heavy (non-hydrogen) atoms. The summed E-state index contributed by atoms with van der Waals surface area (Å²) in [5, 5.41) is 5.34. The zero-order valence-electron chi connectivity index (χ0n) is 11.7. The topological polar surface area (TPSA) is 72.5 Å². The minimum Gasteiger partial charge on any atom is -0.382 e. The average molecular weight is 285 g/mol. The number of anilines is 1. The standard InChI is InChI=1S/C13H20FN3O3/c1-3-15-12-11(14)10(4-5-16-12)13(18)17-6-7-20-9-8-19-2/h4-5H,3,6-9H2,1-2H3,(H,15,16)(H,17,18). The SMILES string of the molecule is CCNc1nccc(C(=O)NCCOCCOC)c1F. The molecule has 2 N–H and O–H groups in total. The van der Waals surface area contributed by atoms with Crippen molar-refractivity contribution in [3.05, 3.63) is 23.6 Å². The number of aromatic nitrogens is 1. The molecular weight excluding hydrogens is 265 g/mol. The minimum absolute atomic E-state index is 0.0344. The third-order valence-electron chi connectivity index (χ3n) is 2.44. The third kappa shape index (κ3) is 5.10. The number of hydrogen-bond donors (Lipinski definition) is 2. The van der Waals surface area contributed by atoms with Crippen LogP contribution in [0.15, 0.2) is 12.3 Å². The Hall–Kier alpha value is -1.73. The van der Waals surface area contributed by atoms with Gasteiger partial charge in [-0.15, -0.1) is 0 Å². The van der Waals surface area contributed by atoms with Crippen LogP contribution in [0.2, 0.25) is 0 Å². The van der Waals surface area contributed by atoms with E-state index in [1.807, 2.05) is 6.92 Å². The van der Waals surface area contributed by atoms with Crippen LogP contribution < -0.4 is 10.6 Å². The van der Waals surface area contributed by atoms with Gasteiger partial charge >= 0.3 is 0 Å². The fourth-order valence-corrected chi connectivity index (χ4v) is 1.49. The van der Waals surface area contributed by atoms with Crippen molar-refractivity contribution in [3.8, 4) is 0 Å². The highest BCUT2D eigenvalue weighted by Gasteiger charge is 2.15. The van der Waals surface area contributed by atoms with E-state index in [4.69, 9.17) is 9.47 Å². The summed E-state index contributed by atoms with van der Waals surface area (Å²) in [6.45, 7) is 3.97. The van der Waals surface area contributed by atoms with E-state index < -0.39 is 11.7 Å². The summed E-state index contributed by atoms with van der Waals surface area (Å²) in [7, 11) is 1.58. The Labute approximate surface area is 117 Å². The highest BCUT2D eigenvalue weighted by molar-refractivity contribution is 5.95. The predicted molar refractivity (Wildman–Crippen MR) is 73.4 cm³/mol. The normalized spacial score (nSPS) is 10.3. The number of nitrogens with zero attached hydrogens (tertiary/aromatic N) is 1. The van der Waals surface area contributed by atoms with E-state index in [1.54, 1.807) is 7.11 Å². The van der Waals surface area contributed by atoms with E-state index >= 15 is 0 Å². The molecular formula is C13H20FN3O3. The summed E-state index contributed by atoms with van der Waals surface area (Å²) in [5.41, 5.74) is -0.0344. The maximum atomic E-state index is 14.0. The molecule has 0 aliphatic heterocycles. The van der Waals surface area contributed by atoms with Crippen molar-refractivity contribution < 1.29 is 18.7 Å². The molecule has 0 aliphatic rings. The van der Waals surface area contributed by atoms with Crippen LogP contribution in [0.1, 0.15) is 17.3 Å². The quantitative estimate of drug-likeness (QED) is 0.663. The molecule has 0 saturated carbocycles. The van der Waals surface area contributed by atoms with Crippen LogP contribution in [0.3, 0.4) is 0 Å². The van der Waals surface area contributed by atoms with Crippen molar-refractivity contribution in [1.29, 1.82) is 0 Å². The first kappa shape index (κ1) is 16.3. The fourth-order valence-electron chi connectivity index (χ4n) is 1.49. The largest absolute Gasteiger partial charge is 0.382 e. The molecule has 6 nitrogen and oxygen atoms in total. The van der Waals surface area contributed by atoms with Gasteiger partial charge < -0.3 is 20.1 Å². The molecule has 0 unspecified atom stereocenters. The van der Waals surface area contributed by atoms with Crippen LogP contribution in [-0.4, -0.2) is 50.9 Å². The number of carbonyl (C=O) groups is 1. The molecule has 0 aromatic carbocycles. The molecule has 0 bridgehead atoms. The molecule has 0 spiro atoms. The molecule has 0 atom stereocenters. The van der Waals surface area contributed by atoms with Crippen LogP contribution in [-0.2, 0) is 9.47 Å². The Balaban J connectivity index is 2.45. The number of hydrogen-bond acceptors (Lipinski definition) is 5. The second-order valence-corrected chi connectivity index (χ2v) is 3.91. The molecule has 1 aromatic heterocycles. The van der Waals surface area contributed by atoms with Crippen molar-refractivity contribution in [2.45, 2.75) is 6.92 Å². The van der Waals surface area contributed by atoms with E-state index in [0.29, 0.717) is 32.9 Å². The van der Waals surface area contributed by atoms with Gasteiger partial charge in [0.1, 0.15) is 0 Å². The number of halogens is 1.